The number of nitrogens with zero attached hydrogens (tertiary/aromatic N) is 8. The third-order valence-corrected chi connectivity index (χ3v) is 23.8. The van der Waals surface area contributed by atoms with Crippen molar-refractivity contribution in [1.29, 1.82) is 0 Å². The molecule has 0 N–H and O–H groups in total. The van der Waals surface area contributed by atoms with Crippen LogP contribution in [0.2, 0.25) is 0 Å². The van der Waals surface area contributed by atoms with E-state index in [0.717, 1.165) is 138 Å². The molecular formula is C100H54N8O2. The Morgan fingerprint density at radius 3 is 1.29 bits per heavy atom. The summed E-state index contributed by atoms with van der Waals surface area (Å²) in [4.78, 5) is 21.7. The molecule has 16 aromatic carbocycles. The summed E-state index contributed by atoms with van der Waals surface area (Å²) in [7, 11) is 0. The molecule has 26 aromatic rings. The van der Waals surface area contributed by atoms with E-state index in [0.29, 0.717) is 28.6 Å². The molecule has 0 aliphatic rings. The van der Waals surface area contributed by atoms with Gasteiger partial charge in [-0.3, -0.25) is 4.57 Å². The third kappa shape index (κ3) is 7.83. The number of furan rings is 2. The van der Waals surface area contributed by atoms with Crippen molar-refractivity contribution < 1.29 is 8.83 Å². The molecule has 0 bridgehead atoms. The van der Waals surface area contributed by atoms with Gasteiger partial charge in [-0.2, -0.15) is 0 Å². The topological polar surface area (TPSA) is 96.5 Å². The zero-order valence-electron chi connectivity index (χ0n) is 58.6. The highest BCUT2D eigenvalue weighted by Gasteiger charge is 2.30. The van der Waals surface area contributed by atoms with Crippen molar-refractivity contribution in [2.45, 2.75) is 0 Å². The van der Waals surface area contributed by atoms with Gasteiger partial charge < -0.3 is 22.2 Å². The van der Waals surface area contributed by atoms with Crippen LogP contribution in [0.5, 0.6) is 0 Å². The predicted molar refractivity (Wildman–Crippen MR) is 452 cm³/mol. The lowest BCUT2D eigenvalue weighted by Gasteiger charge is -2.11. The molecule has 10 heterocycles. The van der Waals surface area contributed by atoms with Crippen LogP contribution in [0.4, 0.5) is 0 Å². The van der Waals surface area contributed by atoms with Gasteiger partial charge >= 0.3 is 0 Å². The number of aromatic nitrogens is 8. The fourth-order valence-electron chi connectivity index (χ4n) is 19.0. The molecule has 0 saturated heterocycles. The van der Waals surface area contributed by atoms with Gasteiger partial charge in [0.2, 0.25) is 0 Å². The number of hydrogen-bond acceptors (Lipinski definition) is 6. The largest absolute Gasteiger partial charge is 0.452 e. The average molecular weight is 1400 g/mol. The van der Waals surface area contributed by atoms with E-state index in [1.807, 2.05) is 48.5 Å². The van der Waals surface area contributed by atoms with Crippen LogP contribution in [0.1, 0.15) is 0 Å². The SMILES string of the molecule is c1ccc(-c2nc(-n3c4cc5ccccc5cc4c4c5c6cc(-c7cccc(-c8ccc(-c9nc(-c%10ccc(-n%11c%12cc%13ccccc%13cc%12c%12c%13c%14ccccc%14n%14c%15ccccc%15c(cc%12%11)c%13%14)cc%10)nc%10c9oc9ccccc9%10)cc8)c7)ccc6n6c7ccccc7c(cc43)c56)c3oc4ccccc4c3n2)cc1. The number of rotatable bonds is 7. The summed E-state index contributed by atoms with van der Waals surface area (Å²) in [5.41, 5.74) is 24.9. The summed E-state index contributed by atoms with van der Waals surface area (Å²) in [6.45, 7) is 0. The molecule has 506 valence electrons. The summed E-state index contributed by atoms with van der Waals surface area (Å²) in [5.74, 6) is 1.94. The zero-order chi connectivity index (χ0) is 71.3. The highest BCUT2D eigenvalue weighted by Crippen LogP contribution is 2.52. The molecule has 0 aliphatic heterocycles. The molecule has 0 radical (unpaired) electrons. The first-order chi connectivity index (χ1) is 54.5. The molecule has 26 rings (SSSR count). The van der Waals surface area contributed by atoms with Crippen molar-refractivity contribution in [2.24, 2.45) is 0 Å². The van der Waals surface area contributed by atoms with E-state index in [2.05, 4.69) is 297 Å². The Hall–Kier alpha value is -15.0. The fourth-order valence-corrected chi connectivity index (χ4v) is 19.0. The first kappa shape index (κ1) is 58.3. The maximum atomic E-state index is 6.93. The standard InChI is InChI=1S/C100H54N8O2/c1-2-19-57(20-3-1)99-103-93-71-31-12-17-36-86(71)110-97(93)100(104-99)108-82-52-64-24-7-5-22-62(64)49-76(82)88-84(108)54-73-68-28-9-14-33-78(68)107-80-46-43-65(50-74(80)90(88)95(73)107)60-26-18-25-59(47-60)55-37-39-56(40-38-55)91-96-92(70-30-11-16-35-85(70)109-96)102-98(101-91)58-41-44-66(45-42-58)105-81-51-63-23-6-4-21-61(63)48-75(81)87-83(105)53-72-67-27-8-13-32-77(67)106-79-34-15-10-29-69(79)89(87)94(72)106/h1-54H. The Kier molecular flexibility index (Phi) is 11.3. The van der Waals surface area contributed by atoms with Crippen LogP contribution < -0.4 is 0 Å². The quantitative estimate of drug-likeness (QED) is 0.158. The smallest absolute Gasteiger partial charge is 0.197 e. The van der Waals surface area contributed by atoms with E-state index in [4.69, 9.17) is 28.8 Å². The van der Waals surface area contributed by atoms with Crippen LogP contribution in [0.15, 0.2) is 336 Å². The van der Waals surface area contributed by atoms with Gasteiger partial charge in [0.05, 0.1) is 55.2 Å². The van der Waals surface area contributed by atoms with Crippen LogP contribution in [-0.4, -0.2) is 37.9 Å². The molecule has 0 aliphatic carbocycles. The maximum Gasteiger partial charge on any atom is 0.197 e. The van der Waals surface area contributed by atoms with Gasteiger partial charge in [-0.05, 0) is 165 Å². The van der Waals surface area contributed by atoms with Gasteiger partial charge in [0, 0.05) is 97.8 Å². The van der Waals surface area contributed by atoms with Crippen LogP contribution in [0.3, 0.4) is 0 Å². The Labute approximate surface area is 623 Å². The first-order valence-electron chi connectivity index (χ1n) is 37.4. The third-order valence-electron chi connectivity index (χ3n) is 23.8. The molecule has 10 aromatic heterocycles. The summed E-state index contributed by atoms with van der Waals surface area (Å²) in [6, 6.07) is 119. The van der Waals surface area contributed by atoms with Crippen molar-refractivity contribution in [3.05, 3.63) is 328 Å². The first-order valence-corrected chi connectivity index (χ1v) is 37.4. The van der Waals surface area contributed by atoms with Crippen molar-refractivity contribution in [3.8, 4) is 67.8 Å². The lowest BCUT2D eigenvalue weighted by atomic mass is 9.96. The number of para-hydroxylation sites is 5. The number of hydrogen-bond donors (Lipinski definition) is 0. The van der Waals surface area contributed by atoms with Gasteiger partial charge in [0.25, 0.3) is 0 Å². The molecule has 10 heteroatoms. The molecule has 110 heavy (non-hydrogen) atoms. The lowest BCUT2D eigenvalue weighted by Crippen LogP contribution is -2.02. The van der Waals surface area contributed by atoms with Crippen molar-refractivity contribution in [3.63, 3.8) is 0 Å². The summed E-state index contributed by atoms with van der Waals surface area (Å²) in [5, 5.41) is 21.1. The summed E-state index contributed by atoms with van der Waals surface area (Å²) in [6.07, 6.45) is 0. The van der Waals surface area contributed by atoms with E-state index in [9.17, 15) is 0 Å². The molecule has 0 fully saturated rings. The Balaban J connectivity index is 0.611. The van der Waals surface area contributed by atoms with Crippen molar-refractivity contribution >= 4 is 185 Å². The van der Waals surface area contributed by atoms with E-state index >= 15 is 0 Å². The van der Waals surface area contributed by atoms with Gasteiger partial charge in [0.15, 0.2) is 28.6 Å². The highest BCUT2D eigenvalue weighted by molar-refractivity contribution is 6.38. The van der Waals surface area contributed by atoms with E-state index in [1.54, 1.807) is 0 Å². The molecular weight excluding hydrogens is 1350 g/mol. The number of fused-ring (bicyclic) bond motifs is 28. The zero-order valence-corrected chi connectivity index (χ0v) is 58.6. The monoisotopic (exact) mass is 1400 g/mol. The fraction of sp³-hybridized carbons (Fsp3) is 0. The highest BCUT2D eigenvalue weighted by atomic mass is 16.3. The van der Waals surface area contributed by atoms with Gasteiger partial charge in [-0.15, -0.1) is 0 Å². The summed E-state index contributed by atoms with van der Waals surface area (Å²) >= 11 is 0. The minimum absolute atomic E-state index is 0.619. The molecule has 0 spiro atoms. The second-order valence-electron chi connectivity index (χ2n) is 29.5. The van der Waals surface area contributed by atoms with E-state index in [-0.39, 0.29) is 0 Å². The van der Waals surface area contributed by atoms with Crippen LogP contribution >= 0.6 is 0 Å². The molecule has 0 atom stereocenters. The molecule has 10 nitrogen and oxygen atoms in total. The maximum absolute atomic E-state index is 6.93. The number of benzene rings is 16. The Morgan fingerprint density at radius 1 is 0.227 bits per heavy atom. The predicted octanol–water partition coefficient (Wildman–Crippen LogP) is 26.2. The minimum atomic E-state index is 0.619. The van der Waals surface area contributed by atoms with Crippen molar-refractivity contribution in [2.75, 3.05) is 0 Å². The summed E-state index contributed by atoms with van der Waals surface area (Å²) < 4.78 is 23.5. The van der Waals surface area contributed by atoms with Gasteiger partial charge in [-0.1, -0.05) is 206 Å². The van der Waals surface area contributed by atoms with E-state index in [1.165, 1.54) is 86.7 Å². The molecule has 0 amide bonds. The lowest BCUT2D eigenvalue weighted by molar-refractivity contribution is 0.662. The van der Waals surface area contributed by atoms with Gasteiger partial charge in [-0.25, -0.2) is 19.9 Å². The van der Waals surface area contributed by atoms with Crippen LogP contribution in [-0.2, 0) is 0 Å². The average Bonchev–Trinajstić information content (AvgIpc) is 1.52. The van der Waals surface area contributed by atoms with Gasteiger partial charge in [0.1, 0.15) is 27.9 Å². The van der Waals surface area contributed by atoms with Crippen molar-refractivity contribution in [1.82, 2.24) is 37.9 Å². The Bertz CT molecular complexity index is 8530. The normalized spacial score (nSPS) is 12.5. The van der Waals surface area contributed by atoms with Crippen LogP contribution in [0, 0.1) is 0 Å². The van der Waals surface area contributed by atoms with E-state index < -0.39 is 0 Å². The Morgan fingerprint density at radius 2 is 0.655 bits per heavy atom. The molecule has 0 unspecified atom stereocenters. The second kappa shape index (κ2) is 21.4. The minimum Gasteiger partial charge on any atom is -0.452 e. The molecule has 0 saturated carbocycles. The second-order valence-corrected chi connectivity index (χ2v) is 29.5. The van der Waals surface area contributed by atoms with Crippen LogP contribution in [0.25, 0.3) is 253 Å².